The average molecular weight is 296 g/mol. The summed E-state index contributed by atoms with van der Waals surface area (Å²) in [6.07, 6.45) is 9.11. The molecule has 2 atom stereocenters. The summed E-state index contributed by atoms with van der Waals surface area (Å²) < 4.78 is 16.4. The molecule has 1 saturated heterocycles. The molecule has 1 aliphatic rings. The van der Waals surface area contributed by atoms with Crippen LogP contribution in [0.3, 0.4) is 0 Å². The van der Waals surface area contributed by atoms with E-state index in [1.54, 1.807) is 6.92 Å². The SMILES string of the molecule is C=C(C)C(/C=C/CCCOC1CCCCO1)OC(=O)CC. The highest BCUT2D eigenvalue weighted by Gasteiger charge is 2.13. The van der Waals surface area contributed by atoms with Crippen LogP contribution >= 0.6 is 0 Å². The molecule has 1 rings (SSSR count). The maximum Gasteiger partial charge on any atom is 0.306 e. The van der Waals surface area contributed by atoms with Gasteiger partial charge in [-0.15, -0.1) is 0 Å². The van der Waals surface area contributed by atoms with Crippen LogP contribution in [0.15, 0.2) is 24.3 Å². The summed E-state index contributed by atoms with van der Waals surface area (Å²) in [5, 5.41) is 0. The lowest BCUT2D eigenvalue weighted by Gasteiger charge is -2.22. The molecular formula is C17H28O4. The van der Waals surface area contributed by atoms with Crippen LogP contribution in [0, 0.1) is 0 Å². The van der Waals surface area contributed by atoms with Crippen LogP contribution in [0.1, 0.15) is 52.4 Å². The van der Waals surface area contributed by atoms with Gasteiger partial charge in [-0.2, -0.15) is 0 Å². The van der Waals surface area contributed by atoms with E-state index in [-0.39, 0.29) is 18.4 Å². The molecule has 21 heavy (non-hydrogen) atoms. The van der Waals surface area contributed by atoms with Crippen molar-refractivity contribution < 1.29 is 19.0 Å². The van der Waals surface area contributed by atoms with Crippen LogP contribution in [0.4, 0.5) is 0 Å². The van der Waals surface area contributed by atoms with Gasteiger partial charge < -0.3 is 14.2 Å². The predicted octanol–water partition coefficient (Wildman–Crippen LogP) is 3.76. The van der Waals surface area contributed by atoms with Crippen molar-refractivity contribution in [2.24, 2.45) is 0 Å². The van der Waals surface area contributed by atoms with Crippen molar-refractivity contribution in [3.63, 3.8) is 0 Å². The van der Waals surface area contributed by atoms with Crippen LogP contribution in [-0.2, 0) is 19.0 Å². The molecule has 0 radical (unpaired) electrons. The Morgan fingerprint density at radius 3 is 2.90 bits per heavy atom. The van der Waals surface area contributed by atoms with E-state index in [1.165, 1.54) is 6.42 Å². The van der Waals surface area contributed by atoms with Gasteiger partial charge >= 0.3 is 5.97 Å². The van der Waals surface area contributed by atoms with E-state index in [4.69, 9.17) is 14.2 Å². The first kappa shape index (κ1) is 17.9. The minimum Gasteiger partial charge on any atom is -0.454 e. The van der Waals surface area contributed by atoms with Crippen molar-refractivity contribution in [3.05, 3.63) is 24.3 Å². The highest BCUT2D eigenvalue weighted by Crippen LogP contribution is 2.14. The molecule has 1 heterocycles. The minimum absolute atomic E-state index is 0.0172. The molecule has 0 amide bonds. The Morgan fingerprint density at radius 2 is 2.29 bits per heavy atom. The summed E-state index contributed by atoms with van der Waals surface area (Å²) >= 11 is 0. The molecule has 1 aliphatic heterocycles. The van der Waals surface area contributed by atoms with Crippen LogP contribution in [0.2, 0.25) is 0 Å². The van der Waals surface area contributed by atoms with E-state index in [0.717, 1.165) is 37.9 Å². The maximum atomic E-state index is 11.3. The van der Waals surface area contributed by atoms with Gasteiger partial charge in [0.2, 0.25) is 0 Å². The zero-order chi connectivity index (χ0) is 15.5. The molecule has 2 unspecified atom stereocenters. The number of allylic oxidation sites excluding steroid dienone is 1. The molecule has 1 fully saturated rings. The fraction of sp³-hybridized carbons (Fsp3) is 0.706. The summed E-state index contributed by atoms with van der Waals surface area (Å²) in [4.78, 5) is 11.3. The van der Waals surface area contributed by atoms with Gasteiger partial charge in [0.1, 0.15) is 6.10 Å². The number of ether oxygens (including phenoxy) is 3. The summed E-state index contributed by atoms with van der Waals surface area (Å²) in [6.45, 7) is 9.00. The largest absolute Gasteiger partial charge is 0.454 e. The molecule has 120 valence electrons. The molecule has 0 N–H and O–H groups in total. The second-order valence-corrected chi connectivity index (χ2v) is 5.35. The van der Waals surface area contributed by atoms with Crippen molar-refractivity contribution in [1.82, 2.24) is 0 Å². The standard InChI is InChI=1S/C17H28O4/c1-4-16(18)21-15(14(2)3)10-6-5-8-12-19-17-11-7-9-13-20-17/h6,10,15,17H,2,4-5,7-9,11-13H2,1,3H3/b10-6+. The highest BCUT2D eigenvalue weighted by molar-refractivity contribution is 5.69. The molecule has 0 saturated carbocycles. The van der Waals surface area contributed by atoms with Crippen LogP contribution in [0.5, 0.6) is 0 Å². The molecule has 4 heteroatoms. The average Bonchev–Trinajstić information content (AvgIpc) is 2.50. The van der Waals surface area contributed by atoms with E-state index in [1.807, 2.05) is 19.1 Å². The Labute approximate surface area is 128 Å². The molecule has 0 aromatic heterocycles. The van der Waals surface area contributed by atoms with Gasteiger partial charge in [-0.25, -0.2) is 0 Å². The third-order valence-electron chi connectivity index (χ3n) is 3.30. The first-order chi connectivity index (χ1) is 10.1. The minimum atomic E-state index is -0.319. The van der Waals surface area contributed by atoms with Crippen LogP contribution < -0.4 is 0 Å². The van der Waals surface area contributed by atoms with Crippen molar-refractivity contribution >= 4 is 5.97 Å². The number of unbranched alkanes of at least 4 members (excludes halogenated alkanes) is 1. The maximum absolute atomic E-state index is 11.3. The lowest BCUT2D eigenvalue weighted by Crippen LogP contribution is -2.22. The quantitative estimate of drug-likeness (QED) is 0.369. The number of hydrogen-bond acceptors (Lipinski definition) is 4. The van der Waals surface area contributed by atoms with Gasteiger partial charge in [-0.1, -0.05) is 19.6 Å². The second-order valence-electron chi connectivity index (χ2n) is 5.35. The molecule has 0 bridgehead atoms. The normalized spacial score (nSPS) is 20.4. The van der Waals surface area contributed by atoms with E-state index in [0.29, 0.717) is 13.0 Å². The van der Waals surface area contributed by atoms with Gasteiger partial charge in [0.05, 0.1) is 6.61 Å². The Morgan fingerprint density at radius 1 is 1.48 bits per heavy atom. The fourth-order valence-electron chi connectivity index (χ4n) is 2.01. The molecule has 0 aliphatic carbocycles. The highest BCUT2D eigenvalue weighted by atomic mass is 16.7. The molecule has 0 aromatic carbocycles. The topological polar surface area (TPSA) is 44.8 Å². The fourth-order valence-corrected chi connectivity index (χ4v) is 2.01. The Balaban J connectivity index is 2.16. The van der Waals surface area contributed by atoms with Gasteiger partial charge in [0, 0.05) is 13.0 Å². The molecular weight excluding hydrogens is 268 g/mol. The monoisotopic (exact) mass is 296 g/mol. The van der Waals surface area contributed by atoms with Crippen LogP contribution in [0.25, 0.3) is 0 Å². The second kappa shape index (κ2) is 10.6. The summed E-state index contributed by atoms with van der Waals surface area (Å²) in [5.41, 5.74) is 0.833. The first-order valence-electron chi connectivity index (χ1n) is 7.88. The zero-order valence-electron chi connectivity index (χ0n) is 13.3. The number of hydrogen-bond donors (Lipinski definition) is 0. The van der Waals surface area contributed by atoms with Crippen molar-refractivity contribution in [3.8, 4) is 0 Å². The van der Waals surface area contributed by atoms with Gasteiger partial charge in [0.25, 0.3) is 0 Å². The van der Waals surface area contributed by atoms with E-state index < -0.39 is 0 Å². The van der Waals surface area contributed by atoms with Crippen molar-refractivity contribution in [2.45, 2.75) is 64.8 Å². The number of esters is 1. The number of rotatable bonds is 9. The molecule has 0 spiro atoms. The van der Waals surface area contributed by atoms with Gasteiger partial charge in [0.15, 0.2) is 6.29 Å². The zero-order valence-corrected chi connectivity index (χ0v) is 13.3. The van der Waals surface area contributed by atoms with Gasteiger partial charge in [-0.05, 0) is 50.7 Å². The lowest BCUT2D eigenvalue weighted by molar-refractivity contribution is -0.162. The van der Waals surface area contributed by atoms with E-state index >= 15 is 0 Å². The van der Waals surface area contributed by atoms with E-state index in [2.05, 4.69) is 6.58 Å². The Kier molecular flexibility index (Phi) is 9.02. The first-order valence-corrected chi connectivity index (χ1v) is 7.88. The smallest absolute Gasteiger partial charge is 0.306 e. The molecule has 4 nitrogen and oxygen atoms in total. The number of carbonyl (C=O) groups excluding carboxylic acids is 1. The number of carbonyl (C=O) groups is 1. The summed E-state index contributed by atoms with van der Waals surface area (Å²) in [5.74, 6) is -0.203. The van der Waals surface area contributed by atoms with Gasteiger partial charge in [-0.3, -0.25) is 4.79 Å². The Bertz CT molecular complexity index is 343. The molecule has 0 aromatic rings. The van der Waals surface area contributed by atoms with Crippen molar-refractivity contribution in [1.29, 1.82) is 0 Å². The van der Waals surface area contributed by atoms with Crippen LogP contribution in [-0.4, -0.2) is 31.6 Å². The summed E-state index contributed by atoms with van der Waals surface area (Å²) in [7, 11) is 0. The van der Waals surface area contributed by atoms with E-state index in [9.17, 15) is 4.79 Å². The third-order valence-corrected chi connectivity index (χ3v) is 3.30. The third kappa shape index (κ3) is 8.02. The van der Waals surface area contributed by atoms with Crippen molar-refractivity contribution in [2.75, 3.05) is 13.2 Å². The summed E-state index contributed by atoms with van der Waals surface area (Å²) in [6, 6.07) is 0. The Hall–Kier alpha value is -1.13. The lowest BCUT2D eigenvalue weighted by atomic mass is 10.1. The predicted molar refractivity (Wildman–Crippen MR) is 82.9 cm³/mol.